The third-order valence-electron chi connectivity index (χ3n) is 2.43. The minimum Gasteiger partial charge on any atom is -0.372 e. The van der Waals surface area contributed by atoms with Crippen LogP contribution in [0, 0.1) is 0 Å². The summed E-state index contributed by atoms with van der Waals surface area (Å²) in [6.45, 7) is 0. The summed E-state index contributed by atoms with van der Waals surface area (Å²) in [7, 11) is 1.71. The normalized spacial score (nSPS) is 11.3. The number of halogens is 3. The number of aromatic nitrogens is 2. The van der Waals surface area contributed by atoms with E-state index in [-0.39, 0.29) is 0 Å². The first kappa shape index (κ1) is 12.3. The van der Waals surface area contributed by atoms with Crippen molar-refractivity contribution in [2.75, 3.05) is 12.4 Å². The first-order chi connectivity index (χ1) is 8.50. The van der Waals surface area contributed by atoms with Gasteiger partial charge in [-0.05, 0) is 24.3 Å². The van der Waals surface area contributed by atoms with E-state index in [9.17, 15) is 13.2 Å². The fourth-order valence-electron chi connectivity index (χ4n) is 1.45. The van der Waals surface area contributed by atoms with Crippen LogP contribution in [0.4, 0.5) is 19.0 Å². The Hall–Kier alpha value is -2.11. The zero-order chi connectivity index (χ0) is 13.2. The molecule has 0 aliphatic carbocycles. The molecule has 0 saturated heterocycles. The van der Waals surface area contributed by atoms with E-state index in [4.69, 9.17) is 0 Å². The Kier molecular flexibility index (Phi) is 3.18. The summed E-state index contributed by atoms with van der Waals surface area (Å²) in [5.41, 5.74) is 0.451. The predicted molar refractivity (Wildman–Crippen MR) is 62.0 cm³/mol. The van der Waals surface area contributed by atoms with Crippen LogP contribution in [-0.4, -0.2) is 17.2 Å². The highest BCUT2D eigenvalue weighted by Gasteiger charge is 2.29. The van der Waals surface area contributed by atoms with Crippen LogP contribution >= 0.6 is 0 Å². The van der Waals surface area contributed by atoms with Gasteiger partial charge in [-0.1, -0.05) is 12.1 Å². The fraction of sp³-hybridized carbons (Fsp3) is 0.167. The Morgan fingerprint density at radius 2 is 1.61 bits per heavy atom. The van der Waals surface area contributed by atoms with Gasteiger partial charge in [0.25, 0.3) is 0 Å². The van der Waals surface area contributed by atoms with Gasteiger partial charge in [0.05, 0.1) is 11.3 Å². The van der Waals surface area contributed by atoms with Crippen molar-refractivity contribution >= 4 is 5.82 Å². The average molecular weight is 253 g/mol. The Labute approximate surface area is 102 Å². The number of nitrogens with one attached hydrogen (secondary N) is 1. The third kappa shape index (κ3) is 2.58. The first-order valence-electron chi connectivity index (χ1n) is 5.20. The highest BCUT2D eigenvalue weighted by Crippen LogP contribution is 2.30. The van der Waals surface area contributed by atoms with E-state index in [1.165, 1.54) is 12.1 Å². The molecule has 2 rings (SSSR count). The van der Waals surface area contributed by atoms with Gasteiger partial charge in [0.1, 0.15) is 5.82 Å². The Morgan fingerprint density at radius 3 is 2.06 bits per heavy atom. The molecule has 0 amide bonds. The molecule has 0 fully saturated rings. The molecule has 0 bridgehead atoms. The number of benzene rings is 1. The van der Waals surface area contributed by atoms with E-state index in [1.807, 2.05) is 0 Å². The highest BCUT2D eigenvalue weighted by atomic mass is 19.4. The van der Waals surface area contributed by atoms with Gasteiger partial charge in [0.2, 0.25) is 0 Å². The Bertz CT molecular complexity index is 518. The van der Waals surface area contributed by atoms with Crippen molar-refractivity contribution in [3.63, 3.8) is 0 Å². The number of nitrogens with zero attached hydrogens (tertiary/aromatic N) is 2. The summed E-state index contributed by atoms with van der Waals surface area (Å²) in [6, 6.07) is 8.23. The zero-order valence-corrected chi connectivity index (χ0v) is 9.49. The SMILES string of the molecule is CNc1ccc(-c2ccc(C(F)(F)F)cc2)nn1. The molecule has 3 nitrogen and oxygen atoms in total. The number of hydrogen-bond acceptors (Lipinski definition) is 3. The topological polar surface area (TPSA) is 37.8 Å². The number of rotatable bonds is 2. The molecule has 2 aromatic rings. The van der Waals surface area contributed by atoms with Crippen LogP contribution in [0.5, 0.6) is 0 Å². The second-order valence-corrected chi connectivity index (χ2v) is 3.63. The number of hydrogen-bond donors (Lipinski definition) is 1. The molecular formula is C12H10F3N3. The van der Waals surface area contributed by atoms with Crippen molar-refractivity contribution in [1.29, 1.82) is 0 Å². The van der Waals surface area contributed by atoms with Crippen LogP contribution in [0.2, 0.25) is 0 Å². The highest BCUT2D eigenvalue weighted by molar-refractivity contribution is 5.60. The number of anilines is 1. The molecular weight excluding hydrogens is 243 g/mol. The van der Waals surface area contributed by atoms with E-state index in [1.54, 1.807) is 19.2 Å². The molecule has 94 valence electrons. The lowest BCUT2D eigenvalue weighted by atomic mass is 10.1. The smallest absolute Gasteiger partial charge is 0.372 e. The van der Waals surface area contributed by atoms with Crippen molar-refractivity contribution in [2.45, 2.75) is 6.18 Å². The minimum absolute atomic E-state index is 0.530. The summed E-state index contributed by atoms with van der Waals surface area (Å²) in [5.74, 6) is 0.602. The lowest BCUT2D eigenvalue weighted by Crippen LogP contribution is -2.04. The second kappa shape index (κ2) is 4.64. The third-order valence-corrected chi connectivity index (χ3v) is 2.43. The molecule has 6 heteroatoms. The quantitative estimate of drug-likeness (QED) is 0.893. The Morgan fingerprint density at radius 1 is 0.944 bits per heavy atom. The molecule has 1 aromatic heterocycles. The second-order valence-electron chi connectivity index (χ2n) is 3.63. The van der Waals surface area contributed by atoms with Crippen LogP contribution < -0.4 is 5.32 Å². The standard InChI is InChI=1S/C12H10F3N3/c1-16-11-7-6-10(17-18-11)8-2-4-9(5-3-8)12(13,14)15/h2-7H,1H3,(H,16,18). The summed E-state index contributed by atoms with van der Waals surface area (Å²) in [4.78, 5) is 0. The predicted octanol–water partition coefficient (Wildman–Crippen LogP) is 3.20. The van der Waals surface area contributed by atoms with E-state index in [2.05, 4.69) is 15.5 Å². The summed E-state index contributed by atoms with van der Waals surface area (Å²) in [6.07, 6.45) is -4.32. The molecule has 0 atom stereocenters. The fourth-order valence-corrected chi connectivity index (χ4v) is 1.45. The van der Waals surface area contributed by atoms with Crippen molar-refractivity contribution in [3.05, 3.63) is 42.0 Å². The van der Waals surface area contributed by atoms with Crippen LogP contribution in [0.15, 0.2) is 36.4 Å². The van der Waals surface area contributed by atoms with E-state index >= 15 is 0 Å². The maximum Gasteiger partial charge on any atom is 0.416 e. The van der Waals surface area contributed by atoms with Crippen molar-refractivity contribution in [2.24, 2.45) is 0 Å². The van der Waals surface area contributed by atoms with Gasteiger partial charge in [-0.3, -0.25) is 0 Å². The van der Waals surface area contributed by atoms with Gasteiger partial charge in [0.15, 0.2) is 0 Å². The molecule has 18 heavy (non-hydrogen) atoms. The van der Waals surface area contributed by atoms with Gasteiger partial charge in [-0.15, -0.1) is 10.2 Å². The maximum atomic E-state index is 12.4. The van der Waals surface area contributed by atoms with E-state index < -0.39 is 11.7 Å². The van der Waals surface area contributed by atoms with Crippen molar-refractivity contribution in [1.82, 2.24) is 10.2 Å². The molecule has 1 aromatic carbocycles. The monoisotopic (exact) mass is 253 g/mol. The maximum absolute atomic E-state index is 12.4. The molecule has 0 aliphatic rings. The molecule has 1 N–H and O–H groups in total. The molecule has 0 unspecified atom stereocenters. The molecule has 0 spiro atoms. The van der Waals surface area contributed by atoms with Gasteiger partial charge in [-0.25, -0.2) is 0 Å². The van der Waals surface area contributed by atoms with Crippen LogP contribution in [-0.2, 0) is 6.18 Å². The number of alkyl halides is 3. The summed E-state index contributed by atoms with van der Waals surface area (Å²) < 4.78 is 37.2. The van der Waals surface area contributed by atoms with Gasteiger partial charge in [-0.2, -0.15) is 13.2 Å². The van der Waals surface area contributed by atoms with E-state index in [0.717, 1.165) is 12.1 Å². The summed E-state index contributed by atoms with van der Waals surface area (Å²) in [5, 5.41) is 10.6. The van der Waals surface area contributed by atoms with Gasteiger partial charge < -0.3 is 5.32 Å². The molecule has 0 radical (unpaired) electrons. The van der Waals surface area contributed by atoms with Gasteiger partial charge >= 0.3 is 6.18 Å². The van der Waals surface area contributed by atoms with Crippen molar-refractivity contribution in [3.8, 4) is 11.3 Å². The largest absolute Gasteiger partial charge is 0.416 e. The van der Waals surface area contributed by atoms with Crippen LogP contribution in [0.1, 0.15) is 5.56 Å². The molecule has 1 heterocycles. The summed E-state index contributed by atoms with van der Waals surface area (Å²) >= 11 is 0. The molecule has 0 aliphatic heterocycles. The average Bonchev–Trinajstić information content (AvgIpc) is 2.38. The Balaban J connectivity index is 2.28. The lowest BCUT2D eigenvalue weighted by molar-refractivity contribution is -0.137. The van der Waals surface area contributed by atoms with Crippen LogP contribution in [0.3, 0.4) is 0 Å². The zero-order valence-electron chi connectivity index (χ0n) is 9.49. The van der Waals surface area contributed by atoms with E-state index in [0.29, 0.717) is 17.1 Å². The molecule has 0 saturated carbocycles. The first-order valence-corrected chi connectivity index (χ1v) is 5.20. The lowest BCUT2D eigenvalue weighted by Gasteiger charge is -2.07. The van der Waals surface area contributed by atoms with Crippen LogP contribution in [0.25, 0.3) is 11.3 Å². The minimum atomic E-state index is -4.32. The van der Waals surface area contributed by atoms with Gasteiger partial charge in [0, 0.05) is 12.6 Å². The van der Waals surface area contributed by atoms with Crippen molar-refractivity contribution < 1.29 is 13.2 Å².